The van der Waals surface area contributed by atoms with E-state index < -0.39 is 12.0 Å². The van der Waals surface area contributed by atoms with Crippen LogP contribution >= 0.6 is 0 Å². The Morgan fingerprint density at radius 1 is 0.923 bits per heavy atom. The zero-order valence-corrected chi connectivity index (χ0v) is 22.2. The fourth-order valence-corrected chi connectivity index (χ4v) is 4.82. The molecule has 9 nitrogen and oxygen atoms in total. The Kier molecular flexibility index (Phi) is 7.23. The van der Waals surface area contributed by atoms with Crippen molar-refractivity contribution in [2.45, 2.75) is 19.9 Å². The fraction of sp³-hybridized carbons (Fsp3) is 0.233. The van der Waals surface area contributed by atoms with E-state index in [0.717, 1.165) is 22.4 Å². The van der Waals surface area contributed by atoms with Crippen LogP contribution in [-0.4, -0.2) is 49.5 Å². The number of esters is 1. The second kappa shape index (κ2) is 10.9. The van der Waals surface area contributed by atoms with Gasteiger partial charge in [-0.15, -0.1) is 0 Å². The molecule has 0 aliphatic carbocycles. The summed E-state index contributed by atoms with van der Waals surface area (Å²) in [5.74, 6) is 1.27. The van der Waals surface area contributed by atoms with Crippen molar-refractivity contribution in [2.75, 3.05) is 32.3 Å². The molecule has 1 aliphatic heterocycles. The Bertz CT molecular complexity index is 1490. The molecule has 5 rings (SSSR count). The predicted octanol–water partition coefficient (Wildman–Crippen LogP) is 5.42. The Balaban J connectivity index is 1.65. The number of rotatable bonds is 9. The first-order valence-corrected chi connectivity index (χ1v) is 12.6. The number of nitrogens with zero attached hydrogens (tertiary/aromatic N) is 2. The molecule has 1 N–H and O–H groups in total. The molecule has 1 atom stereocenters. The lowest BCUT2D eigenvalue weighted by Gasteiger charge is -2.28. The largest absolute Gasteiger partial charge is 0.497 e. The van der Waals surface area contributed by atoms with E-state index in [4.69, 9.17) is 18.9 Å². The van der Waals surface area contributed by atoms with Crippen molar-refractivity contribution in [3.8, 4) is 28.5 Å². The smallest absolute Gasteiger partial charge is 0.338 e. The minimum absolute atomic E-state index is 0.249. The van der Waals surface area contributed by atoms with Crippen LogP contribution in [0.4, 0.5) is 5.69 Å². The van der Waals surface area contributed by atoms with E-state index in [1.165, 1.54) is 0 Å². The number of aromatic amines is 1. The molecule has 0 fully saturated rings. The van der Waals surface area contributed by atoms with E-state index >= 15 is 0 Å². The summed E-state index contributed by atoms with van der Waals surface area (Å²) in [5, 5.41) is 7.51. The standard InChI is InChI=1S/C30H29N3O6/c1-5-38-21-13-9-18(10-14-21)26-25-27(32-31-26)29(34)33(20-11-7-19(8-12-20)30(35)39-6-2)28(25)23-16-15-22(36-3)17-24(23)37-4/h7-17,28H,5-6H2,1-4H3,(H,31,32)/t28-/m0/s1. The average molecular weight is 528 g/mol. The fourth-order valence-electron chi connectivity index (χ4n) is 4.82. The first-order chi connectivity index (χ1) is 19.0. The first kappa shape index (κ1) is 25.8. The van der Waals surface area contributed by atoms with Crippen LogP contribution in [0.2, 0.25) is 0 Å². The van der Waals surface area contributed by atoms with Gasteiger partial charge >= 0.3 is 5.97 Å². The molecule has 0 unspecified atom stereocenters. The van der Waals surface area contributed by atoms with Crippen molar-refractivity contribution in [3.63, 3.8) is 0 Å². The molecule has 0 radical (unpaired) electrons. The van der Waals surface area contributed by atoms with Crippen LogP contribution in [0.15, 0.2) is 66.7 Å². The third kappa shape index (κ3) is 4.67. The maximum atomic E-state index is 13.9. The lowest BCUT2D eigenvalue weighted by atomic mass is 9.95. The van der Waals surface area contributed by atoms with Gasteiger partial charge in [-0.2, -0.15) is 5.10 Å². The van der Waals surface area contributed by atoms with Crippen LogP contribution in [0.1, 0.15) is 51.9 Å². The van der Waals surface area contributed by atoms with Gasteiger partial charge in [0, 0.05) is 28.4 Å². The molecule has 0 spiro atoms. The first-order valence-electron chi connectivity index (χ1n) is 12.6. The summed E-state index contributed by atoms with van der Waals surface area (Å²) in [6.07, 6.45) is 0. The molecule has 39 heavy (non-hydrogen) atoms. The van der Waals surface area contributed by atoms with Gasteiger partial charge in [-0.1, -0.05) is 0 Å². The molecule has 1 aromatic heterocycles. The molecule has 1 aliphatic rings. The monoisotopic (exact) mass is 527 g/mol. The summed E-state index contributed by atoms with van der Waals surface area (Å²) in [6, 6.07) is 19.3. The Hall–Kier alpha value is -4.79. The highest BCUT2D eigenvalue weighted by atomic mass is 16.5. The maximum Gasteiger partial charge on any atom is 0.338 e. The van der Waals surface area contributed by atoms with Crippen LogP contribution in [-0.2, 0) is 4.74 Å². The Labute approximate surface area is 226 Å². The second-order valence-corrected chi connectivity index (χ2v) is 8.77. The second-order valence-electron chi connectivity index (χ2n) is 8.77. The van der Waals surface area contributed by atoms with Crippen molar-refractivity contribution in [2.24, 2.45) is 0 Å². The number of ether oxygens (including phenoxy) is 4. The quantitative estimate of drug-likeness (QED) is 0.290. The Morgan fingerprint density at radius 2 is 1.64 bits per heavy atom. The zero-order valence-electron chi connectivity index (χ0n) is 22.2. The van der Waals surface area contributed by atoms with Crippen molar-refractivity contribution < 1.29 is 28.5 Å². The van der Waals surface area contributed by atoms with Crippen molar-refractivity contribution in [3.05, 3.63) is 89.1 Å². The SMILES string of the molecule is CCOC(=O)c1ccc(N2C(=O)c3[nH]nc(-c4ccc(OCC)cc4)c3[C@@H]2c2ccc(OC)cc2OC)cc1. The normalized spacial score (nSPS) is 14.2. The number of methoxy groups -OCH3 is 2. The number of carbonyl (C=O) groups is 2. The lowest BCUT2D eigenvalue weighted by Crippen LogP contribution is -2.29. The molecule has 1 amide bonds. The summed E-state index contributed by atoms with van der Waals surface area (Å²) in [6.45, 7) is 4.53. The molecule has 4 aromatic rings. The molecule has 200 valence electrons. The molecular weight excluding hydrogens is 498 g/mol. The zero-order chi connectivity index (χ0) is 27.5. The minimum atomic E-state index is -0.567. The lowest BCUT2D eigenvalue weighted by molar-refractivity contribution is 0.0526. The highest BCUT2D eigenvalue weighted by Gasteiger charge is 2.44. The van der Waals surface area contributed by atoms with Crippen LogP contribution < -0.4 is 19.1 Å². The van der Waals surface area contributed by atoms with E-state index in [2.05, 4.69) is 10.2 Å². The van der Waals surface area contributed by atoms with Crippen LogP contribution in [0, 0.1) is 0 Å². The topological polar surface area (TPSA) is 103 Å². The van der Waals surface area contributed by atoms with Gasteiger partial charge < -0.3 is 18.9 Å². The van der Waals surface area contributed by atoms with E-state index in [1.54, 1.807) is 56.4 Å². The predicted molar refractivity (Wildman–Crippen MR) is 146 cm³/mol. The van der Waals surface area contributed by atoms with Gasteiger partial charge in [0.15, 0.2) is 0 Å². The number of aromatic nitrogens is 2. The van der Waals surface area contributed by atoms with Crippen molar-refractivity contribution in [1.29, 1.82) is 0 Å². The van der Waals surface area contributed by atoms with E-state index in [0.29, 0.717) is 40.7 Å². The number of hydrogen-bond acceptors (Lipinski definition) is 7. The number of amides is 1. The number of fused-ring (bicyclic) bond motifs is 1. The summed E-state index contributed by atoms with van der Waals surface area (Å²) < 4.78 is 21.9. The van der Waals surface area contributed by atoms with Gasteiger partial charge in [0.05, 0.1) is 44.7 Å². The summed E-state index contributed by atoms with van der Waals surface area (Å²) in [5.41, 5.74) is 4.36. The minimum Gasteiger partial charge on any atom is -0.497 e. The number of benzene rings is 3. The number of carbonyl (C=O) groups excluding carboxylic acids is 2. The van der Waals surface area contributed by atoms with Gasteiger partial charge in [0.1, 0.15) is 22.9 Å². The van der Waals surface area contributed by atoms with Gasteiger partial charge in [0.25, 0.3) is 5.91 Å². The number of H-pyrrole nitrogens is 1. The van der Waals surface area contributed by atoms with E-state index in [-0.39, 0.29) is 12.5 Å². The molecule has 2 heterocycles. The molecule has 0 saturated heterocycles. The van der Waals surface area contributed by atoms with E-state index in [9.17, 15) is 9.59 Å². The average Bonchev–Trinajstić information content (AvgIpc) is 3.52. The number of nitrogens with one attached hydrogen (secondary N) is 1. The van der Waals surface area contributed by atoms with Gasteiger partial charge in [-0.05, 0) is 74.5 Å². The maximum absolute atomic E-state index is 13.9. The molecule has 0 saturated carbocycles. The molecule has 0 bridgehead atoms. The van der Waals surface area contributed by atoms with Gasteiger partial charge in [-0.25, -0.2) is 4.79 Å². The highest BCUT2D eigenvalue weighted by molar-refractivity contribution is 6.12. The third-order valence-electron chi connectivity index (χ3n) is 6.60. The van der Waals surface area contributed by atoms with Crippen molar-refractivity contribution >= 4 is 17.6 Å². The van der Waals surface area contributed by atoms with Gasteiger partial charge in [-0.3, -0.25) is 14.8 Å². The third-order valence-corrected chi connectivity index (χ3v) is 6.60. The highest BCUT2D eigenvalue weighted by Crippen LogP contribution is 2.48. The number of hydrogen-bond donors (Lipinski definition) is 1. The van der Waals surface area contributed by atoms with Crippen molar-refractivity contribution in [1.82, 2.24) is 10.2 Å². The van der Waals surface area contributed by atoms with Crippen LogP contribution in [0.5, 0.6) is 17.2 Å². The Morgan fingerprint density at radius 3 is 2.28 bits per heavy atom. The summed E-state index contributed by atoms with van der Waals surface area (Å²) >= 11 is 0. The van der Waals surface area contributed by atoms with Gasteiger partial charge in [0.2, 0.25) is 0 Å². The molecular formula is C30H29N3O6. The van der Waals surface area contributed by atoms with Crippen LogP contribution in [0.25, 0.3) is 11.3 Å². The summed E-state index contributed by atoms with van der Waals surface area (Å²) in [4.78, 5) is 27.8. The molecule has 3 aromatic carbocycles. The summed E-state index contributed by atoms with van der Waals surface area (Å²) in [7, 11) is 3.17. The van der Waals surface area contributed by atoms with E-state index in [1.807, 2.05) is 43.3 Å². The molecule has 9 heteroatoms. The number of anilines is 1. The van der Waals surface area contributed by atoms with Crippen LogP contribution in [0.3, 0.4) is 0 Å².